The van der Waals surface area contributed by atoms with Crippen LogP contribution < -0.4 is 18.9 Å². The van der Waals surface area contributed by atoms with E-state index in [1.54, 1.807) is 27.7 Å². The molecule has 0 aliphatic rings. The first kappa shape index (κ1) is 49.6. The molecule has 59 heavy (non-hydrogen) atoms. The van der Waals surface area contributed by atoms with Gasteiger partial charge in [0.2, 0.25) is 10.1 Å². The van der Waals surface area contributed by atoms with Crippen LogP contribution in [-0.2, 0) is 32.2 Å². The third kappa shape index (κ3) is 15.6. The zero-order valence-corrected chi connectivity index (χ0v) is 37.5. The van der Waals surface area contributed by atoms with Crippen LogP contribution in [0, 0.1) is 0 Å². The second-order valence-corrected chi connectivity index (χ2v) is 17.7. The maximum atomic E-state index is 10.7. The van der Waals surface area contributed by atoms with Crippen molar-refractivity contribution in [2.24, 2.45) is 0 Å². The summed E-state index contributed by atoms with van der Waals surface area (Å²) in [6, 6.07) is 0. The molecule has 0 saturated carbocycles. The van der Waals surface area contributed by atoms with Crippen molar-refractivity contribution in [2.45, 2.75) is 117 Å². The average Bonchev–Trinajstić information content (AvgIpc) is 3.86. The summed E-state index contributed by atoms with van der Waals surface area (Å²) in [5.74, 6) is 1.03. The van der Waals surface area contributed by atoms with Crippen molar-refractivity contribution in [2.75, 3.05) is 79.3 Å². The molecule has 0 amide bonds. The fourth-order valence-electron chi connectivity index (χ4n) is 6.35. The van der Waals surface area contributed by atoms with E-state index < -0.39 is 12.2 Å². The van der Waals surface area contributed by atoms with Crippen molar-refractivity contribution >= 4 is 64.3 Å². The highest BCUT2D eigenvalue weighted by Crippen LogP contribution is 2.59. The summed E-state index contributed by atoms with van der Waals surface area (Å²) in [6.45, 7) is 10.7. The molecule has 14 nitrogen and oxygen atoms in total. The number of fused-ring (bicyclic) bond motifs is 6. The monoisotopic (exact) mass is 890 g/mol. The van der Waals surface area contributed by atoms with Crippen LogP contribution in [0.1, 0.15) is 89.5 Å². The number of thiophene rings is 3. The Morgan fingerprint density at radius 1 is 0.407 bits per heavy atom. The number of aliphatic hydroxyl groups excluding tert-OH is 6. The summed E-state index contributed by atoms with van der Waals surface area (Å²) in [7, 11) is 0. The molecule has 6 N–H and O–H groups in total. The molecular formula is C42H66O14S3. The number of aliphatic hydroxyl groups is 6. The summed E-state index contributed by atoms with van der Waals surface area (Å²) < 4.78 is 51.6. The molecule has 3 heterocycles. The van der Waals surface area contributed by atoms with Crippen LogP contribution in [0.25, 0.3) is 30.3 Å². The largest absolute Gasteiger partial charge is 0.486 e. The maximum Gasteiger partial charge on any atom is 0.218 e. The molecule has 1 aromatic carbocycles. The molecule has 0 aliphatic carbocycles. The Bertz CT molecular complexity index is 1770. The predicted molar refractivity (Wildman–Crippen MR) is 233 cm³/mol. The minimum Gasteiger partial charge on any atom is -0.486 e. The van der Waals surface area contributed by atoms with Crippen molar-refractivity contribution in [1.29, 1.82) is 0 Å². The van der Waals surface area contributed by atoms with Gasteiger partial charge < -0.3 is 68.5 Å². The lowest BCUT2D eigenvalue weighted by atomic mass is 10.1. The molecule has 0 fully saturated rings. The van der Waals surface area contributed by atoms with Crippen LogP contribution in [-0.4, -0.2) is 134 Å². The fraction of sp³-hybridized carbons (Fsp3) is 0.714. The molecule has 17 heteroatoms. The van der Waals surface area contributed by atoms with E-state index in [1.165, 1.54) is 34.0 Å². The molecule has 3 aromatic heterocycles. The molecule has 0 spiro atoms. The van der Waals surface area contributed by atoms with Gasteiger partial charge in [-0.15, -0.1) is 11.3 Å². The number of hydrogen-bond donors (Lipinski definition) is 6. The van der Waals surface area contributed by atoms with E-state index >= 15 is 0 Å². The van der Waals surface area contributed by atoms with E-state index in [4.69, 9.17) is 37.9 Å². The standard InChI is InChI=1S/C42H66O14S3/c1-27(45)9-5-13-49-17-21-53-36-34-38-33(31(25-43)32(26-44)57-38)39-35(40(34)59-42(36)56-24-20-52-16-8-12-30(4)48)37(54-22-18-50-14-6-10-28(2)46)41(58-39)55-23-19-51-15-7-11-29(3)47/h27-30,43-48H,5-26H2,1-4H3. The predicted octanol–water partition coefficient (Wildman–Crippen LogP) is 6.54. The highest BCUT2D eigenvalue weighted by molar-refractivity contribution is 7.28. The summed E-state index contributed by atoms with van der Waals surface area (Å²) >= 11 is 4.22. The van der Waals surface area contributed by atoms with Crippen LogP contribution in [0.15, 0.2) is 0 Å². The first-order valence-electron chi connectivity index (χ1n) is 20.8. The van der Waals surface area contributed by atoms with Crippen LogP contribution in [0.3, 0.4) is 0 Å². The summed E-state index contributed by atoms with van der Waals surface area (Å²) in [5, 5.41) is 63.1. The van der Waals surface area contributed by atoms with Gasteiger partial charge in [-0.05, 0) is 79.1 Å². The van der Waals surface area contributed by atoms with Crippen molar-refractivity contribution in [3.63, 3.8) is 0 Å². The number of benzene rings is 1. The molecule has 0 bridgehead atoms. The number of rotatable bonds is 34. The normalized spacial score (nSPS) is 14.1. The Morgan fingerprint density at radius 3 is 1.08 bits per heavy atom. The van der Waals surface area contributed by atoms with Gasteiger partial charge in [0.15, 0.2) is 11.5 Å². The minimum atomic E-state index is -0.393. The first-order chi connectivity index (χ1) is 28.6. The van der Waals surface area contributed by atoms with Crippen LogP contribution in [0.5, 0.6) is 21.6 Å². The van der Waals surface area contributed by atoms with Crippen LogP contribution >= 0.6 is 34.0 Å². The van der Waals surface area contributed by atoms with Gasteiger partial charge >= 0.3 is 0 Å². The molecular weight excluding hydrogens is 825 g/mol. The van der Waals surface area contributed by atoms with E-state index in [9.17, 15) is 30.6 Å². The fourth-order valence-corrected chi connectivity index (χ4v) is 10.2. The Kier molecular flexibility index (Phi) is 22.7. The summed E-state index contributed by atoms with van der Waals surface area (Å²) in [6.07, 6.45) is 3.94. The third-order valence-electron chi connectivity index (χ3n) is 9.25. The van der Waals surface area contributed by atoms with Gasteiger partial charge in [0.1, 0.15) is 26.4 Å². The second kappa shape index (κ2) is 27.1. The Labute approximate surface area is 359 Å². The topological polar surface area (TPSA) is 195 Å². The molecule has 4 atom stereocenters. The van der Waals surface area contributed by atoms with Crippen molar-refractivity contribution < 1.29 is 68.5 Å². The van der Waals surface area contributed by atoms with E-state index in [0.29, 0.717) is 111 Å². The summed E-state index contributed by atoms with van der Waals surface area (Å²) in [4.78, 5) is 0.637. The lowest BCUT2D eigenvalue weighted by molar-refractivity contribution is 0.0816. The van der Waals surface area contributed by atoms with Crippen LogP contribution in [0.2, 0.25) is 0 Å². The van der Waals surface area contributed by atoms with Crippen molar-refractivity contribution in [3.05, 3.63) is 10.4 Å². The molecule has 4 unspecified atom stereocenters. The van der Waals surface area contributed by atoms with Gasteiger partial charge in [-0.1, -0.05) is 22.7 Å². The molecule has 0 radical (unpaired) electrons. The highest BCUT2D eigenvalue weighted by Gasteiger charge is 2.30. The van der Waals surface area contributed by atoms with Crippen molar-refractivity contribution in [3.8, 4) is 21.6 Å². The zero-order chi connectivity index (χ0) is 42.6. The van der Waals surface area contributed by atoms with Crippen LogP contribution in [0.4, 0.5) is 0 Å². The third-order valence-corrected chi connectivity index (χ3v) is 12.7. The van der Waals surface area contributed by atoms with E-state index in [0.717, 1.165) is 55.9 Å². The Morgan fingerprint density at radius 2 is 0.746 bits per heavy atom. The lowest BCUT2D eigenvalue weighted by Crippen LogP contribution is -2.11. The van der Waals surface area contributed by atoms with Gasteiger partial charge in [0.25, 0.3) is 0 Å². The average molecular weight is 891 g/mol. The lowest BCUT2D eigenvalue weighted by Gasteiger charge is -2.12. The molecule has 0 saturated heterocycles. The number of hydrogen-bond acceptors (Lipinski definition) is 17. The SMILES string of the molecule is CC(O)CCCOCCOc1sc2c(c1OCCOCCCC(C)O)c1sc(CO)c(CO)c1c1sc(OCCOCCCC(C)O)c(OCCOCCCC(C)O)c12. The quantitative estimate of drug-likeness (QED) is 0.0277. The molecule has 4 aromatic rings. The number of ether oxygens (including phenoxy) is 8. The van der Waals surface area contributed by atoms with Gasteiger partial charge in [-0.2, -0.15) is 0 Å². The molecule has 0 aliphatic heterocycles. The first-order valence-corrected chi connectivity index (χ1v) is 23.3. The van der Waals surface area contributed by atoms with E-state index in [2.05, 4.69) is 0 Å². The maximum absolute atomic E-state index is 10.7. The Hall–Kier alpha value is -2.10. The van der Waals surface area contributed by atoms with E-state index in [1.807, 2.05) is 0 Å². The van der Waals surface area contributed by atoms with Gasteiger partial charge in [0.05, 0.1) is 84.2 Å². The second-order valence-electron chi connectivity index (χ2n) is 14.7. The smallest absolute Gasteiger partial charge is 0.218 e. The zero-order valence-electron chi connectivity index (χ0n) is 35.0. The van der Waals surface area contributed by atoms with Crippen molar-refractivity contribution in [1.82, 2.24) is 0 Å². The Balaban J connectivity index is 1.74. The van der Waals surface area contributed by atoms with E-state index in [-0.39, 0.29) is 51.8 Å². The summed E-state index contributed by atoms with van der Waals surface area (Å²) in [5.41, 5.74) is 0.619. The van der Waals surface area contributed by atoms with Gasteiger partial charge in [0, 0.05) is 47.0 Å². The minimum absolute atomic E-state index is 0.224. The molecule has 336 valence electrons. The van der Waals surface area contributed by atoms with Gasteiger partial charge in [-0.25, -0.2) is 0 Å². The highest BCUT2D eigenvalue weighted by atomic mass is 32.1. The van der Waals surface area contributed by atoms with Gasteiger partial charge in [-0.3, -0.25) is 0 Å². The molecule has 4 rings (SSSR count).